The summed E-state index contributed by atoms with van der Waals surface area (Å²) >= 11 is 0. The largest absolute Gasteiger partial charge is 0.328 e. The summed E-state index contributed by atoms with van der Waals surface area (Å²) in [7, 11) is -0.870. The van der Waals surface area contributed by atoms with E-state index in [1.807, 2.05) is 0 Å². The quantitative estimate of drug-likeness (QED) is 0.398. The molecule has 7 heavy (non-hydrogen) atoms. The molecule has 0 fully saturated rings. The van der Waals surface area contributed by atoms with E-state index in [0.717, 1.165) is 0 Å². The molecule has 3 nitrogen and oxygen atoms in total. The molecule has 44 valence electrons. The highest BCUT2D eigenvalue weighted by Crippen LogP contribution is 2.20. The first-order valence-electron chi connectivity index (χ1n) is 1.49. The fourth-order valence-corrected chi connectivity index (χ4v) is 0. The van der Waals surface area contributed by atoms with Crippen molar-refractivity contribution in [3.63, 3.8) is 0 Å². The zero-order valence-corrected chi connectivity index (χ0v) is 5.06. The third-order valence-corrected chi connectivity index (χ3v) is 0.490. The summed E-state index contributed by atoms with van der Waals surface area (Å²) in [6, 6.07) is 0. The van der Waals surface area contributed by atoms with Gasteiger partial charge in [0.1, 0.15) is 0 Å². The Kier molecular flexibility index (Phi) is 13.6. The van der Waals surface area contributed by atoms with Gasteiger partial charge in [-0.1, -0.05) is 0 Å². The lowest BCUT2D eigenvalue weighted by atomic mass is 11.3. The van der Waals surface area contributed by atoms with Crippen molar-refractivity contribution < 1.29 is 14.3 Å². The molecule has 0 saturated heterocycles. The van der Waals surface area contributed by atoms with E-state index in [4.69, 9.17) is 9.79 Å². The molecule has 0 aromatic heterocycles. The van der Waals surface area contributed by atoms with Crippen molar-refractivity contribution in [1.82, 2.24) is 0 Å². The number of hydrogen-bond donors (Lipinski definition) is 2. The van der Waals surface area contributed by atoms with Crippen LogP contribution in [0, 0.1) is 0 Å². The van der Waals surface area contributed by atoms with E-state index in [-0.39, 0.29) is 0 Å². The smallest absolute Gasteiger partial charge is 0.326 e. The van der Waals surface area contributed by atoms with Gasteiger partial charge >= 0.3 is 8.60 Å². The summed E-state index contributed by atoms with van der Waals surface area (Å²) in [4.78, 5) is 15.5. The van der Waals surface area contributed by atoms with Crippen LogP contribution in [0.4, 0.5) is 0 Å². The van der Waals surface area contributed by atoms with E-state index in [2.05, 4.69) is 17.7 Å². The molecule has 0 unspecified atom stereocenters. The van der Waals surface area contributed by atoms with Gasteiger partial charge in [0.05, 0.1) is 0 Å². The second kappa shape index (κ2) is 9.41. The molecule has 0 rings (SSSR count). The van der Waals surface area contributed by atoms with Crippen molar-refractivity contribution in [2.45, 2.75) is 0 Å². The van der Waals surface area contributed by atoms with Crippen LogP contribution in [0.15, 0.2) is 13.2 Å². The molecule has 0 aliphatic carbocycles. The first-order chi connectivity index (χ1) is 3.27. The molecule has 0 atom stereocenters. The molecule has 0 aliphatic heterocycles. The molecule has 0 heterocycles. The molecular weight excluding hydrogens is 115 g/mol. The van der Waals surface area contributed by atoms with Gasteiger partial charge < -0.3 is 14.3 Å². The minimum absolute atomic E-state index is 1.23. The average Bonchev–Trinajstić information content (AvgIpc) is 1.73. The van der Waals surface area contributed by atoms with Crippen LogP contribution in [-0.4, -0.2) is 16.9 Å². The highest BCUT2D eigenvalue weighted by molar-refractivity contribution is 7.39. The SMILES string of the molecule is C=C.COP(O)O. The molecule has 0 saturated carbocycles. The molecule has 0 aliphatic rings. The summed E-state index contributed by atoms with van der Waals surface area (Å²) < 4.78 is 3.93. The Hall–Kier alpha value is 0.0500. The van der Waals surface area contributed by atoms with Gasteiger partial charge in [0.2, 0.25) is 0 Å². The fraction of sp³-hybridized carbons (Fsp3) is 0.333. The Morgan fingerprint density at radius 2 is 1.57 bits per heavy atom. The zero-order chi connectivity index (χ0) is 6.28. The van der Waals surface area contributed by atoms with Crippen LogP contribution in [0.25, 0.3) is 0 Å². The maximum atomic E-state index is 7.76. The maximum Gasteiger partial charge on any atom is 0.326 e. The lowest BCUT2D eigenvalue weighted by Gasteiger charge is -1.89. The topological polar surface area (TPSA) is 49.7 Å². The average molecular weight is 124 g/mol. The van der Waals surface area contributed by atoms with Crippen LogP contribution in [0.2, 0.25) is 0 Å². The van der Waals surface area contributed by atoms with Crippen molar-refractivity contribution in [1.29, 1.82) is 0 Å². The van der Waals surface area contributed by atoms with Gasteiger partial charge in [-0.2, -0.15) is 0 Å². The van der Waals surface area contributed by atoms with Gasteiger partial charge in [0.25, 0.3) is 0 Å². The van der Waals surface area contributed by atoms with E-state index >= 15 is 0 Å². The fourth-order valence-electron chi connectivity index (χ4n) is 0. The molecule has 0 aromatic rings. The summed E-state index contributed by atoms with van der Waals surface area (Å²) in [5.74, 6) is 0. The van der Waals surface area contributed by atoms with Crippen molar-refractivity contribution in [3.05, 3.63) is 13.2 Å². The summed E-state index contributed by atoms with van der Waals surface area (Å²) in [5, 5.41) is 0. The van der Waals surface area contributed by atoms with Crippen molar-refractivity contribution in [2.24, 2.45) is 0 Å². The summed E-state index contributed by atoms with van der Waals surface area (Å²) in [5.41, 5.74) is 0. The third-order valence-electron chi connectivity index (χ3n) is 0.163. The normalized spacial score (nSPS) is 7.43. The van der Waals surface area contributed by atoms with E-state index in [0.29, 0.717) is 0 Å². The van der Waals surface area contributed by atoms with Gasteiger partial charge in [-0.15, -0.1) is 13.2 Å². The first-order valence-corrected chi connectivity index (χ1v) is 2.66. The molecule has 0 radical (unpaired) electrons. The van der Waals surface area contributed by atoms with Gasteiger partial charge in [-0.25, -0.2) is 0 Å². The van der Waals surface area contributed by atoms with Crippen molar-refractivity contribution >= 4 is 8.60 Å². The highest BCUT2D eigenvalue weighted by Gasteiger charge is 1.86. The minimum Gasteiger partial charge on any atom is -0.328 e. The minimum atomic E-state index is -2.10. The molecule has 0 amide bonds. The Morgan fingerprint density at radius 1 is 1.43 bits per heavy atom. The standard InChI is InChI=1S/C2H4.CH5O3P/c1-2;1-4-5(2)3/h1-2H2;2-3H,1H3. The molecule has 0 bridgehead atoms. The van der Waals surface area contributed by atoms with Crippen LogP contribution < -0.4 is 0 Å². The molecule has 4 heteroatoms. The van der Waals surface area contributed by atoms with Crippen LogP contribution in [-0.2, 0) is 4.52 Å². The van der Waals surface area contributed by atoms with E-state index in [1.54, 1.807) is 0 Å². The van der Waals surface area contributed by atoms with Gasteiger partial charge in [-0.3, -0.25) is 0 Å². The monoisotopic (exact) mass is 124 g/mol. The highest BCUT2D eigenvalue weighted by atomic mass is 31.2. The van der Waals surface area contributed by atoms with Gasteiger partial charge in [0, 0.05) is 7.11 Å². The van der Waals surface area contributed by atoms with Gasteiger partial charge in [-0.05, 0) is 0 Å². The second-order valence-corrected chi connectivity index (χ2v) is 1.31. The lowest BCUT2D eigenvalue weighted by Crippen LogP contribution is -1.67. The zero-order valence-electron chi connectivity index (χ0n) is 4.16. The van der Waals surface area contributed by atoms with Crippen molar-refractivity contribution in [2.75, 3.05) is 7.11 Å². The molecule has 0 aromatic carbocycles. The third kappa shape index (κ3) is 23.6. The predicted molar refractivity (Wildman–Crippen MR) is 29.6 cm³/mol. The Morgan fingerprint density at radius 3 is 1.57 bits per heavy atom. The second-order valence-electron chi connectivity index (χ2n) is 0.435. The summed E-state index contributed by atoms with van der Waals surface area (Å²) in [6.45, 7) is 6.00. The van der Waals surface area contributed by atoms with Crippen LogP contribution >= 0.6 is 8.60 Å². The summed E-state index contributed by atoms with van der Waals surface area (Å²) in [6.07, 6.45) is 0. The first kappa shape index (κ1) is 10.1. The Bertz CT molecular complexity index is 31.4. The van der Waals surface area contributed by atoms with E-state index in [1.165, 1.54) is 7.11 Å². The van der Waals surface area contributed by atoms with Crippen LogP contribution in [0.1, 0.15) is 0 Å². The predicted octanol–water partition coefficient (Wildman–Crippen LogP) is 0.646. The van der Waals surface area contributed by atoms with E-state index < -0.39 is 8.60 Å². The molecular formula is C3H9O3P. The number of hydrogen-bond acceptors (Lipinski definition) is 3. The van der Waals surface area contributed by atoms with E-state index in [9.17, 15) is 0 Å². The van der Waals surface area contributed by atoms with Crippen LogP contribution in [0.3, 0.4) is 0 Å². The lowest BCUT2D eigenvalue weighted by molar-refractivity contribution is 0.310. The van der Waals surface area contributed by atoms with Crippen molar-refractivity contribution in [3.8, 4) is 0 Å². The maximum absolute atomic E-state index is 7.76. The van der Waals surface area contributed by atoms with Crippen LogP contribution in [0.5, 0.6) is 0 Å². The number of rotatable bonds is 1. The van der Waals surface area contributed by atoms with Gasteiger partial charge in [0.15, 0.2) is 0 Å². The Balaban J connectivity index is 0. The molecule has 2 N–H and O–H groups in total. The molecule has 0 spiro atoms. The Labute approximate surface area is 44.2 Å².